The summed E-state index contributed by atoms with van der Waals surface area (Å²) in [6, 6.07) is 7.85. The maximum absolute atomic E-state index is 10.5. The maximum Gasteiger partial charge on any atom is 0.161 e. The second-order valence-corrected chi connectivity index (χ2v) is 4.67. The molecule has 0 radical (unpaired) electrons. The van der Waals surface area contributed by atoms with Crippen LogP contribution in [0.2, 0.25) is 0 Å². The van der Waals surface area contributed by atoms with Crippen molar-refractivity contribution < 1.29 is 4.79 Å². The van der Waals surface area contributed by atoms with Gasteiger partial charge in [0, 0.05) is 16.2 Å². The summed E-state index contributed by atoms with van der Waals surface area (Å²) < 4.78 is 1.01. The minimum absolute atomic E-state index is 0.653. The highest BCUT2D eigenvalue weighted by molar-refractivity contribution is 9.10. The summed E-state index contributed by atoms with van der Waals surface area (Å²) in [5.74, 6) is 0. The van der Waals surface area contributed by atoms with Crippen molar-refractivity contribution in [3.8, 4) is 10.6 Å². The monoisotopic (exact) mass is 267 g/mol. The van der Waals surface area contributed by atoms with E-state index in [4.69, 9.17) is 0 Å². The van der Waals surface area contributed by atoms with Crippen LogP contribution in [-0.2, 0) is 0 Å². The average Bonchev–Trinajstić information content (AvgIpc) is 2.66. The predicted octanol–water partition coefficient (Wildman–Crippen LogP) is 3.39. The van der Waals surface area contributed by atoms with Crippen LogP contribution in [-0.4, -0.2) is 11.3 Å². The summed E-state index contributed by atoms with van der Waals surface area (Å²) in [5, 5.41) is 0.869. The maximum atomic E-state index is 10.5. The van der Waals surface area contributed by atoms with E-state index >= 15 is 0 Å². The van der Waals surface area contributed by atoms with Crippen molar-refractivity contribution in [2.75, 3.05) is 0 Å². The number of hydrogen-bond acceptors (Lipinski definition) is 3. The number of halogens is 1. The molecular formula is C10H6BrNOS. The van der Waals surface area contributed by atoms with E-state index in [1.165, 1.54) is 11.3 Å². The third kappa shape index (κ3) is 1.91. The van der Waals surface area contributed by atoms with Crippen molar-refractivity contribution in [1.82, 2.24) is 4.98 Å². The highest BCUT2D eigenvalue weighted by atomic mass is 79.9. The van der Waals surface area contributed by atoms with Gasteiger partial charge in [-0.05, 0) is 12.1 Å². The molecule has 2 nitrogen and oxygen atoms in total. The van der Waals surface area contributed by atoms with E-state index in [1.807, 2.05) is 24.3 Å². The number of hydrogen-bond donors (Lipinski definition) is 0. The highest BCUT2D eigenvalue weighted by Crippen LogP contribution is 2.26. The van der Waals surface area contributed by atoms with Crippen LogP contribution < -0.4 is 0 Å². The Morgan fingerprint density at radius 2 is 2.29 bits per heavy atom. The summed E-state index contributed by atoms with van der Waals surface area (Å²) in [6.07, 6.45) is 2.41. The molecular weight excluding hydrogens is 262 g/mol. The van der Waals surface area contributed by atoms with Crippen LogP contribution in [0.4, 0.5) is 0 Å². The number of aromatic nitrogens is 1. The third-order valence-corrected chi connectivity index (χ3v) is 3.18. The van der Waals surface area contributed by atoms with Crippen LogP contribution in [0.1, 0.15) is 9.67 Å². The molecule has 0 saturated carbocycles. The Labute approximate surface area is 93.7 Å². The molecule has 0 atom stereocenters. The molecule has 2 rings (SSSR count). The first kappa shape index (κ1) is 9.55. The first-order valence-corrected chi connectivity index (χ1v) is 5.57. The molecule has 0 fully saturated rings. The number of carbonyl (C=O) groups excluding carboxylic acids is 1. The van der Waals surface area contributed by atoms with Gasteiger partial charge in [-0.1, -0.05) is 28.1 Å². The van der Waals surface area contributed by atoms with Crippen LogP contribution in [0, 0.1) is 0 Å². The number of nitrogens with zero attached hydrogens (tertiary/aromatic N) is 1. The van der Waals surface area contributed by atoms with E-state index in [0.717, 1.165) is 21.3 Å². The van der Waals surface area contributed by atoms with Gasteiger partial charge < -0.3 is 0 Å². The molecule has 0 aliphatic carbocycles. The van der Waals surface area contributed by atoms with Gasteiger partial charge in [0.05, 0.1) is 4.88 Å². The van der Waals surface area contributed by atoms with Crippen molar-refractivity contribution >= 4 is 33.6 Å². The van der Waals surface area contributed by atoms with E-state index in [1.54, 1.807) is 6.20 Å². The zero-order valence-electron chi connectivity index (χ0n) is 7.11. The van der Waals surface area contributed by atoms with Crippen LogP contribution in [0.5, 0.6) is 0 Å². The summed E-state index contributed by atoms with van der Waals surface area (Å²) in [5.41, 5.74) is 1.03. The lowest BCUT2D eigenvalue weighted by Gasteiger charge is -1.95. The van der Waals surface area contributed by atoms with Gasteiger partial charge in [0.15, 0.2) is 6.29 Å². The fourth-order valence-corrected chi connectivity index (χ4v) is 2.22. The molecule has 0 saturated heterocycles. The van der Waals surface area contributed by atoms with Gasteiger partial charge in [0.2, 0.25) is 0 Å². The molecule has 1 aromatic carbocycles. The molecule has 14 heavy (non-hydrogen) atoms. The SMILES string of the molecule is O=Cc1cnc(-c2cccc(Br)c2)s1. The Morgan fingerprint density at radius 1 is 1.43 bits per heavy atom. The number of benzene rings is 1. The number of aldehydes is 1. The van der Waals surface area contributed by atoms with Crippen LogP contribution in [0.3, 0.4) is 0 Å². The van der Waals surface area contributed by atoms with Gasteiger partial charge in [0.25, 0.3) is 0 Å². The first-order chi connectivity index (χ1) is 6.79. The standard InChI is InChI=1S/C10H6BrNOS/c11-8-3-1-2-7(4-8)10-12-5-9(6-13)14-10/h1-6H. The molecule has 0 spiro atoms. The second kappa shape index (κ2) is 4.02. The first-order valence-electron chi connectivity index (χ1n) is 3.96. The highest BCUT2D eigenvalue weighted by Gasteiger charge is 2.03. The molecule has 2 aromatic rings. The summed E-state index contributed by atoms with van der Waals surface area (Å²) in [4.78, 5) is 15.3. The minimum Gasteiger partial charge on any atom is -0.297 e. The van der Waals surface area contributed by atoms with E-state index in [9.17, 15) is 4.79 Å². The molecule has 0 amide bonds. The summed E-state index contributed by atoms with van der Waals surface area (Å²) in [6.45, 7) is 0. The van der Waals surface area contributed by atoms with E-state index < -0.39 is 0 Å². The largest absolute Gasteiger partial charge is 0.297 e. The number of carbonyl (C=O) groups is 1. The lowest BCUT2D eigenvalue weighted by Crippen LogP contribution is -1.73. The molecule has 70 valence electrons. The number of thiazole rings is 1. The zero-order chi connectivity index (χ0) is 9.97. The summed E-state index contributed by atoms with van der Waals surface area (Å²) in [7, 11) is 0. The van der Waals surface area contributed by atoms with Gasteiger partial charge in [-0.25, -0.2) is 4.98 Å². The molecule has 0 N–H and O–H groups in total. The predicted molar refractivity (Wildman–Crippen MR) is 60.6 cm³/mol. The topological polar surface area (TPSA) is 30.0 Å². The van der Waals surface area contributed by atoms with Crippen LogP contribution in [0.25, 0.3) is 10.6 Å². The molecule has 0 unspecified atom stereocenters. The van der Waals surface area contributed by atoms with Crippen LogP contribution in [0.15, 0.2) is 34.9 Å². The Kier molecular flexibility index (Phi) is 2.74. The van der Waals surface area contributed by atoms with Gasteiger partial charge in [0.1, 0.15) is 5.01 Å². The Bertz CT molecular complexity index is 467. The van der Waals surface area contributed by atoms with Gasteiger partial charge >= 0.3 is 0 Å². The Morgan fingerprint density at radius 3 is 2.93 bits per heavy atom. The fourth-order valence-electron chi connectivity index (χ4n) is 1.10. The van der Waals surface area contributed by atoms with Gasteiger partial charge in [-0.2, -0.15) is 0 Å². The van der Waals surface area contributed by atoms with E-state index in [0.29, 0.717) is 4.88 Å². The quantitative estimate of drug-likeness (QED) is 0.781. The second-order valence-electron chi connectivity index (χ2n) is 2.70. The minimum atomic E-state index is 0.653. The van der Waals surface area contributed by atoms with Crippen molar-refractivity contribution in [3.63, 3.8) is 0 Å². The van der Waals surface area contributed by atoms with Crippen molar-refractivity contribution in [2.24, 2.45) is 0 Å². The normalized spacial score (nSPS) is 10.1. The molecule has 0 bridgehead atoms. The Balaban J connectivity index is 2.43. The molecule has 4 heteroatoms. The van der Waals surface area contributed by atoms with Crippen molar-refractivity contribution in [3.05, 3.63) is 39.8 Å². The summed E-state index contributed by atoms with van der Waals surface area (Å²) >= 11 is 4.79. The van der Waals surface area contributed by atoms with Gasteiger partial charge in [-0.15, -0.1) is 11.3 Å². The average molecular weight is 268 g/mol. The molecule has 1 aromatic heterocycles. The van der Waals surface area contributed by atoms with E-state index in [2.05, 4.69) is 20.9 Å². The van der Waals surface area contributed by atoms with Crippen LogP contribution >= 0.6 is 27.3 Å². The smallest absolute Gasteiger partial charge is 0.161 e. The zero-order valence-corrected chi connectivity index (χ0v) is 9.51. The van der Waals surface area contributed by atoms with Crippen molar-refractivity contribution in [2.45, 2.75) is 0 Å². The lowest BCUT2D eigenvalue weighted by molar-refractivity contribution is 0.112. The third-order valence-electron chi connectivity index (χ3n) is 1.71. The fraction of sp³-hybridized carbons (Fsp3) is 0. The van der Waals surface area contributed by atoms with Gasteiger partial charge in [-0.3, -0.25) is 4.79 Å². The molecule has 0 aliphatic rings. The number of rotatable bonds is 2. The van der Waals surface area contributed by atoms with Crippen molar-refractivity contribution in [1.29, 1.82) is 0 Å². The molecule has 1 heterocycles. The lowest BCUT2D eigenvalue weighted by atomic mass is 10.2. The Hall–Kier alpha value is -1.000. The molecule has 0 aliphatic heterocycles. The van der Waals surface area contributed by atoms with E-state index in [-0.39, 0.29) is 0 Å².